The highest BCUT2D eigenvalue weighted by molar-refractivity contribution is 6.16. The van der Waals surface area contributed by atoms with Crippen molar-refractivity contribution in [2.45, 2.75) is 41.5 Å². The number of imide groups is 1. The van der Waals surface area contributed by atoms with Crippen molar-refractivity contribution in [3.05, 3.63) is 87.4 Å². The van der Waals surface area contributed by atoms with E-state index in [0.717, 1.165) is 33.1 Å². The van der Waals surface area contributed by atoms with Crippen LogP contribution in [-0.2, 0) is 9.59 Å². The van der Waals surface area contributed by atoms with E-state index in [0.29, 0.717) is 5.69 Å². The van der Waals surface area contributed by atoms with Gasteiger partial charge in [0.05, 0.1) is 5.69 Å². The molecule has 1 aliphatic heterocycles. The molecule has 2 aromatic carbocycles. The highest BCUT2D eigenvalue weighted by atomic mass is 16.2. The molecule has 0 bridgehead atoms. The number of hydrogen-bond donors (Lipinski definition) is 2. The summed E-state index contributed by atoms with van der Waals surface area (Å²) in [5.74, 6) is -0.967. The number of aryl methyl sites for hydroxylation is 5. The molecule has 2 heterocycles. The zero-order chi connectivity index (χ0) is 25.4. The van der Waals surface area contributed by atoms with Crippen molar-refractivity contribution in [1.29, 1.82) is 0 Å². The minimum Gasteiger partial charge on any atom is -0.325 e. The van der Waals surface area contributed by atoms with E-state index in [1.165, 1.54) is 16.7 Å². The predicted molar refractivity (Wildman–Crippen MR) is 137 cm³/mol. The van der Waals surface area contributed by atoms with Crippen molar-refractivity contribution < 1.29 is 14.4 Å². The van der Waals surface area contributed by atoms with Crippen LogP contribution in [0, 0.1) is 41.5 Å². The Bertz CT molecular complexity index is 1370. The molecular weight excluding hydrogens is 440 g/mol. The Morgan fingerprint density at radius 3 is 2.29 bits per heavy atom. The maximum atomic E-state index is 13.0. The molecular formula is C28H30N4O3. The van der Waals surface area contributed by atoms with Gasteiger partial charge in [0, 0.05) is 17.1 Å². The maximum Gasteiger partial charge on any atom is 0.329 e. The maximum absolute atomic E-state index is 13.0. The SMILES string of the molecule is Cc1cccc(NC(=O)CN2C(=O)N/C(=C/c3cc(C)n(-c4c(C)cc(C)cc4C)c3C)C2=O)c1. The number of urea groups is 1. The highest BCUT2D eigenvalue weighted by Gasteiger charge is 2.35. The second-order valence-electron chi connectivity index (χ2n) is 9.21. The standard InChI is InChI=1S/C28H30N4O3/c1-16-8-7-9-23(12-16)29-25(33)15-31-27(34)24(30-28(31)35)14-22-13-20(5)32(21(22)6)26-18(3)10-17(2)11-19(26)4/h7-14H,15H2,1-6H3,(H,29,33)(H,30,35)/b24-14+. The third-order valence-electron chi connectivity index (χ3n) is 6.19. The van der Waals surface area contributed by atoms with Gasteiger partial charge in [-0.2, -0.15) is 0 Å². The van der Waals surface area contributed by atoms with Crippen LogP contribution in [-0.4, -0.2) is 33.9 Å². The number of carbonyl (C=O) groups excluding carboxylic acids is 3. The summed E-state index contributed by atoms with van der Waals surface area (Å²) in [6.07, 6.45) is 1.68. The molecule has 1 saturated heterocycles. The molecule has 0 unspecified atom stereocenters. The minimum absolute atomic E-state index is 0.149. The molecule has 2 N–H and O–H groups in total. The third kappa shape index (κ3) is 4.75. The van der Waals surface area contributed by atoms with Crippen LogP contribution in [0.25, 0.3) is 11.8 Å². The molecule has 4 rings (SSSR count). The lowest BCUT2D eigenvalue weighted by Gasteiger charge is -2.17. The van der Waals surface area contributed by atoms with Gasteiger partial charge in [-0.25, -0.2) is 9.69 Å². The Morgan fingerprint density at radius 1 is 0.943 bits per heavy atom. The Kier molecular flexibility index (Phi) is 6.35. The smallest absolute Gasteiger partial charge is 0.325 e. The van der Waals surface area contributed by atoms with Gasteiger partial charge in [0.25, 0.3) is 5.91 Å². The van der Waals surface area contributed by atoms with Crippen LogP contribution < -0.4 is 10.6 Å². The quantitative estimate of drug-likeness (QED) is 0.413. The van der Waals surface area contributed by atoms with E-state index in [1.54, 1.807) is 12.1 Å². The summed E-state index contributed by atoms with van der Waals surface area (Å²) in [5.41, 5.74) is 9.24. The zero-order valence-corrected chi connectivity index (χ0v) is 20.9. The fraction of sp³-hybridized carbons (Fsp3) is 0.250. The Balaban J connectivity index is 1.57. The number of aromatic nitrogens is 1. The van der Waals surface area contributed by atoms with E-state index < -0.39 is 17.8 Å². The lowest BCUT2D eigenvalue weighted by molar-refractivity contribution is -0.127. The molecule has 7 nitrogen and oxygen atoms in total. The van der Waals surface area contributed by atoms with Crippen LogP contribution in [0.15, 0.2) is 48.2 Å². The molecule has 3 aromatic rings. The van der Waals surface area contributed by atoms with Crippen molar-refractivity contribution in [3.63, 3.8) is 0 Å². The average molecular weight is 471 g/mol. The monoisotopic (exact) mass is 470 g/mol. The van der Waals surface area contributed by atoms with Gasteiger partial charge in [0.15, 0.2) is 0 Å². The molecule has 0 aliphatic carbocycles. The van der Waals surface area contributed by atoms with Gasteiger partial charge in [-0.3, -0.25) is 9.59 Å². The second-order valence-corrected chi connectivity index (χ2v) is 9.21. The van der Waals surface area contributed by atoms with E-state index >= 15 is 0 Å². The molecule has 0 atom stereocenters. The first-order chi connectivity index (χ1) is 16.5. The van der Waals surface area contributed by atoms with E-state index in [1.807, 2.05) is 45.0 Å². The number of hydrogen-bond acceptors (Lipinski definition) is 3. The number of benzene rings is 2. The Morgan fingerprint density at radius 2 is 1.63 bits per heavy atom. The third-order valence-corrected chi connectivity index (χ3v) is 6.19. The lowest BCUT2D eigenvalue weighted by atomic mass is 10.0. The molecule has 0 radical (unpaired) electrons. The van der Waals surface area contributed by atoms with Crippen molar-refractivity contribution in [1.82, 2.24) is 14.8 Å². The van der Waals surface area contributed by atoms with E-state index in [9.17, 15) is 14.4 Å². The minimum atomic E-state index is -0.611. The number of nitrogens with one attached hydrogen (secondary N) is 2. The Hall–Kier alpha value is -4.13. The van der Waals surface area contributed by atoms with Gasteiger partial charge in [-0.1, -0.05) is 29.8 Å². The van der Waals surface area contributed by atoms with Gasteiger partial charge in [-0.15, -0.1) is 0 Å². The molecule has 35 heavy (non-hydrogen) atoms. The first kappa shape index (κ1) is 24.0. The molecule has 7 heteroatoms. The largest absolute Gasteiger partial charge is 0.329 e. The van der Waals surface area contributed by atoms with Gasteiger partial charge in [-0.05, 0) is 88.1 Å². The van der Waals surface area contributed by atoms with Crippen LogP contribution in [0.2, 0.25) is 0 Å². The molecule has 1 aromatic heterocycles. The second kappa shape index (κ2) is 9.25. The summed E-state index contributed by atoms with van der Waals surface area (Å²) >= 11 is 0. The number of amides is 4. The molecule has 4 amide bonds. The van der Waals surface area contributed by atoms with Crippen LogP contribution >= 0.6 is 0 Å². The summed E-state index contributed by atoms with van der Waals surface area (Å²) in [6.45, 7) is 11.8. The summed E-state index contributed by atoms with van der Waals surface area (Å²) in [7, 11) is 0. The van der Waals surface area contributed by atoms with Gasteiger partial charge in [0.1, 0.15) is 12.2 Å². The van der Waals surface area contributed by atoms with Crippen LogP contribution in [0.4, 0.5) is 10.5 Å². The van der Waals surface area contributed by atoms with E-state index in [4.69, 9.17) is 0 Å². The molecule has 0 saturated carbocycles. The first-order valence-electron chi connectivity index (χ1n) is 11.5. The average Bonchev–Trinajstić information content (AvgIpc) is 3.17. The van der Waals surface area contributed by atoms with Crippen LogP contribution in [0.1, 0.15) is 39.2 Å². The van der Waals surface area contributed by atoms with Crippen molar-refractivity contribution in [3.8, 4) is 5.69 Å². The van der Waals surface area contributed by atoms with Crippen molar-refractivity contribution in [2.75, 3.05) is 11.9 Å². The normalized spacial score (nSPS) is 14.6. The number of nitrogens with zero attached hydrogens (tertiary/aromatic N) is 2. The van der Waals surface area contributed by atoms with Crippen LogP contribution in [0.3, 0.4) is 0 Å². The molecule has 1 fully saturated rings. The number of rotatable bonds is 5. The topological polar surface area (TPSA) is 83.4 Å². The van der Waals surface area contributed by atoms with Gasteiger partial charge < -0.3 is 15.2 Å². The predicted octanol–water partition coefficient (Wildman–Crippen LogP) is 4.86. The van der Waals surface area contributed by atoms with Crippen molar-refractivity contribution >= 4 is 29.6 Å². The van der Waals surface area contributed by atoms with Gasteiger partial charge >= 0.3 is 6.03 Å². The lowest BCUT2D eigenvalue weighted by Crippen LogP contribution is -2.38. The summed E-state index contributed by atoms with van der Waals surface area (Å²) in [6, 6.07) is 13.0. The zero-order valence-electron chi connectivity index (χ0n) is 20.9. The summed E-state index contributed by atoms with van der Waals surface area (Å²) in [4.78, 5) is 38.9. The van der Waals surface area contributed by atoms with Crippen LogP contribution in [0.5, 0.6) is 0 Å². The number of anilines is 1. The fourth-order valence-electron chi connectivity index (χ4n) is 4.74. The van der Waals surface area contributed by atoms with E-state index in [2.05, 4.69) is 48.1 Å². The van der Waals surface area contributed by atoms with Gasteiger partial charge in [0.2, 0.25) is 5.91 Å². The van der Waals surface area contributed by atoms with E-state index in [-0.39, 0.29) is 12.2 Å². The first-order valence-corrected chi connectivity index (χ1v) is 11.5. The molecule has 0 spiro atoms. The molecule has 180 valence electrons. The Labute approximate surface area is 205 Å². The number of carbonyl (C=O) groups is 3. The summed E-state index contributed by atoms with van der Waals surface area (Å²) < 4.78 is 2.17. The summed E-state index contributed by atoms with van der Waals surface area (Å²) in [5, 5.41) is 5.35. The fourth-order valence-corrected chi connectivity index (χ4v) is 4.74. The van der Waals surface area contributed by atoms with Crippen molar-refractivity contribution in [2.24, 2.45) is 0 Å². The molecule has 1 aliphatic rings. The highest BCUT2D eigenvalue weighted by Crippen LogP contribution is 2.28.